The molecule has 0 spiro atoms. The molecule has 0 saturated heterocycles. The molecule has 2 atom stereocenters. The molecule has 0 fully saturated rings. The second kappa shape index (κ2) is 8.17. The second-order valence-corrected chi connectivity index (χ2v) is 22.5. The van der Waals surface area contributed by atoms with Crippen LogP contribution in [0, 0.1) is 0 Å². The molecule has 3 rings (SSSR count). The molecule has 0 bridgehead atoms. The smallest absolute Gasteiger partial charge is 0.147 e. The van der Waals surface area contributed by atoms with Gasteiger partial charge in [0.1, 0.15) is 0 Å². The van der Waals surface area contributed by atoms with Crippen LogP contribution in [0.2, 0.25) is 0 Å². The van der Waals surface area contributed by atoms with Gasteiger partial charge in [-0.05, 0) is 0 Å². The predicted octanol–water partition coefficient (Wildman–Crippen LogP) is 5.90. The zero-order chi connectivity index (χ0) is 15.0. The maximum absolute atomic E-state index is 12.5. The van der Waals surface area contributed by atoms with E-state index < -0.39 is 24.2 Å². The molecular formula is C17H20Cl2O2PZr. The van der Waals surface area contributed by atoms with Crippen LogP contribution in [-0.4, -0.2) is 3.21 Å². The second-order valence-electron chi connectivity index (χ2n) is 5.81. The Labute approximate surface area is 153 Å². The quantitative estimate of drug-likeness (QED) is 0.539. The third-order valence-electron chi connectivity index (χ3n) is 4.56. The first kappa shape index (κ1) is 20.7. The average molecular weight is 449 g/mol. The summed E-state index contributed by atoms with van der Waals surface area (Å²) in [5.41, 5.74) is 2.37. The van der Waals surface area contributed by atoms with Gasteiger partial charge in [0.25, 0.3) is 0 Å². The van der Waals surface area contributed by atoms with Crippen molar-refractivity contribution in [2.75, 3.05) is 0 Å². The summed E-state index contributed by atoms with van der Waals surface area (Å²) in [5, 5.41) is 0. The minimum atomic E-state index is -3.69. The van der Waals surface area contributed by atoms with Gasteiger partial charge in [0.2, 0.25) is 0 Å². The summed E-state index contributed by atoms with van der Waals surface area (Å²) >= 11 is -3.69. The summed E-state index contributed by atoms with van der Waals surface area (Å²) in [6, 6.07) is 8.20. The molecule has 6 heteroatoms. The van der Waals surface area contributed by atoms with E-state index in [0.29, 0.717) is 0 Å². The van der Waals surface area contributed by atoms with E-state index in [1.807, 2.05) is 32.1 Å². The van der Waals surface area contributed by atoms with Crippen LogP contribution in [0.5, 0.6) is 0 Å². The Morgan fingerprint density at radius 2 is 1.87 bits per heavy atom. The molecule has 23 heavy (non-hydrogen) atoms. The molecule has 1 aromatic rings. The Balaban J connectivity index is 0.00000132. The zero-order valence-corrected chi connectivity index (χ0v) is 18.0. The first-order valence-electron chi connectivity index (χ1n) is 7.17. The van der Waals surface area contributed by atoms with Crippen molar-refractivity contribution in [3.05, 3.63) is 63.0 Å². The standard InChI is InChI=1S/C9H7.C5H5.C3H6.2ClH.O2P.Zr/c1-2-5-9-7-3-6-8(9)4-1;1-2-4-5-3-1;1-3-2;;;1-3-2;/h1-7H;1-3H,4H2;1-2H3;2*1H;;. The van der Waals surface area contributed by atoms with Gasteiger partial charge < -0.3 is 0 Å². The molecule has 0 aliphatic heterocycles. The summed E-state index contributed by atoms with van der Waals surface area (Å²) < 4.78 is 27.3. The fraction of sp³-hybridized carbons (Fsp3) is 0.235. The van der Waals surface area contributed by atoms with Gasteiger partial charge in [-0.3, -0.25) is 0 Å². The van der Waals surface area contributed by atoms with Crippen molar-refractivity contribution in [2.45, 2.75) is 23.9 Å². The number of rotatable bonds is 3. The number of allylic oxidation sites excluding steroid dienone is 5. The van der Waals surface area contributed by atoms with Crippen molar-refractivity contribution in [1.29, 1.82) is 0 Å². The first-order chi connectivity index (χ1) is 10.1. The number of benzene rings is 1. The van der Waals surface area contributed by atoms with Crippen molar-refractivity contribution < 1.29 is 28.3 Å². The van der Waals surface area contributed by atoms with Gasteiger partial charge in [-0.2, -0.15) is 0 Å². The summed E-state index contributed by atoms with van der Waals surface area (Å²) in [6.07, 6.45) is 11.2. The number of hydrogen-bond acceptors (Lipinski definition) is 2. The van der Waals surface area contributed by atoms with Crippen LogP contribution >= 0.6 is 29.8 Å². The third kappa shape index (κ3) is 3.27. The Morgan fingerprint density at radius 1 is 1.17 bits per heavy atom. The van der Waals surface area contributed by atoms with Gasteiger partial charge in [0.15, 0.2) is 0 Å². The Bertz CT molecular complexity index is 808. The topological polar surface area (TPSA) is 34.1 Å². The van der Waals surface area contributed by atoms with Gasteiger partial charge in [-0.15, -0.1) is 24.8 Å². The number of hydrogen-bond donors (Lipinski definition) is 0. The molecule has 0 amide bonds. The molecule has 0 heterocycles. The van der Waals surface area contributed by atoms with Crippen molar-refractivity contribution in [3.63, 3.8) is 0 Å². The fourth-order valence-corrected chi connectivity index (χ4v) is 21.5. The van der Waals surface area contributed by atoms with Crippen LogP contribution < -0.4 is 0 Å². The van der Waals surface area contributed by atoms with Gasteiger partial charge in [0, 0.05) is 0 Å². The fourth-order valence-electron chi connectivity index (χ4n) is 3.59. The van der Waals surface area contributed by atoms with Crippen molar-refractivity contribution >= 4 is 39.1 Å². The minimum Gasteiger partial charge on any atom is -0.147 e. The van der Waals surface area contributed by atoms with E-state index in [-0.39, 0.29) is 28.4 Å². The van der Waals surface area contributed by atoms with Crippen LogP contribution in [0.3, 0.4) is 0 Å². The van der Waals surface area contributed by atoms with Crippen LogP contribution in [0.1, 0.15) is 35.0 Å². The van der Waals surface area contributed by atoms with E-state index in [2.05, 4.69) is 36.4 Å². The van der Waals surface area contributed by atoms with E-state index >= 15 is 0 Å². The molecule has 2 unspecified atom stereocenters. The van der Waals surface area contributed by atoms with E-state index in [9.17, 15) is 9.13 Å². The van der Waals surface area contributed by atoms with Crippen LogP contribution in [-0.2, 0) is 28.3 Å². The molecule has 1 aromatic carbocycles. The van der Waals surface area contributed by atoms with Crippen LogP contribution in [0.25, 0.3) is 6.08 Å². The summed E-state index contributed by atoms with van der Waals surface area (Å²) in [5.74, 6) is 0. The normalized spacial score (nSPS) is 19.9. The monoisotopic (exact) mass is 447 g/mol. The molecule has 0 radical (unpaired) electrons. The largest absolute Gasteiger partial charge is 0.147 e. The minimum absolute atomic E-state index is 0. The van der Waals surface area contributed by atoms with Crippen molar-refractivity contribution in [3.8, 4) is 0 Å². The number of fused-ring (bicyclic) bond motifs is 1. The van der Waals surface area contributed by atoms with Crippen LogP contribution in [0.4, 0.5) is 0 Å². The Hall–Kier alpha value is -0.327. The molecule has 2 aliphatic rings. The summed E-state index contributed by atoms with van der Waals surface area (Å²) in [4.78, 5) is -2.42. The van der Waals surface area contributed by atoms with Gasteiger partial charge >= 0.3 is 129 Å². The maximum atomic E-state index is 12.5. The molecular weight excluding hydrogens is 429 g/mol. The zero-order valence-electron chi connectivity index (χ0n) is 13.1. The Morgan fingerprint density at radius 3 is 2.43 bits per heavy atom. The first-order valence-corrected chi connectivity index (χ1v) is 15.5. The average Bonchev–Trinajstić information content (AvgIpc) is 3.09. The molecule has 0 saturated carbocycles. The summed E-state index contributed by atoms with van der Waals surface area (Å²) in [6.45, 7) is 4.05. The van der Waals surface area contributed by atoms with Crippen molar-refractivity contribution in [1.82, 2.24) is 0 Å². The molecule has 2 aliphatic carbocycles. The van der Waals surface area contributed by atoms with E-state index in [1.165, 1.54) is 14.4 Å². The number of halogens is 2. The molecule has 0 N–H and O–H groups in total. The van der Waals surface area contributed by atoms with Gasteiger partial charge in [-0.25, -0.2) is 0 Å². The van der Waals surface area contributed by atoms with Crippen molar-refractivity contribution in [2.24, 2.45) is 0 Å². The van der Waals surface area contributed by atoms with E-state index in [4.69, 9.17) is 0 Å². The molecule has 2 nitrogen and oxygen atoms in total. The summed E-state index contributed by atoms with van der Waals surface area (Å²) in [7, 11) is 0. The van der Waals surface area contributed by atoms with Crippen LogP contribution in [0.15, 0.2) is 51.9 Å². The van der Waals surface area contributed by atoms with Gasteiger partial charge in [0.05, 0.1) is 0 Å². The predicted molar refractivity (Wildman–Crippen MR) is 99.2 cm³/mol. The Kier molecular flexibility index (Phi) is 7.36. The molecule has 0 aromatic heterocycles. The third-order valence-corrected chi connectivity index (χ3v) is 25.9. The maximum Gasteiger partial charge on any atom is -0.147 e. The molecule has 123 valence electrons. The van der Waals surface area contributed by atoms with Gasteiger partial charge in [-0.1, -0.05) is 0 Å². The van der Waals surface area contributed by atoms with E-state index in [1.54, 1.807) is 0 Å². The van der Waals surface area contributed by atoms with E-state index in [0.717, 1.165) is 9.63 Å². The SMILES string of the molecule is C[C](C)=[Zr]([C]1=CC=CC1)([CH]1C=Cc2ccccc21)[P](=O)=O.Cl.Cl.